The minimum atomic E-state index is -4.38. The third kappa shape index (κ3) is 6.41. The summed E-state index contributed by atoms with van der Waals surface area (Å²) in [5.74, 6) is -9.47. The summed E-state index contributed by atoms with van der Waals surface area (Å²) in [6, 6.07) is 9.44. The number of alkyl halides is 2. The Morgan fingerprint density at radius 3 is 2.23 bits per heavy atom. The van der Waals surface area contributed by atoms with E-state index in [0.29, 0.717) is 16.8 Å². The zero-order valence-electron chi connectivity index (χ0n) is 22.1. The predicted molar refractivity (Wildman–Crippen MR) is 146 cm³/mol. The van der Waals surface area contributed by atoms with Crippen molar-refractivity contribution >= 4 is 40.4 Å². The molecule has 0 saturated carbocycles. The highest BCUT2D eigenvalue weighted by atomic mass is 79.9. The van der Waals surface area contributed by atoms with Crippen molar-refractivity contribution in [2.75, 3.05) is 6.26 Å². The van der Waals surface area contributed by atoms with Gasteiger partial charge in [-0.2, -0.15) is 8.78 Å². The fourth-order valence-electron chi connectivity index (χ4n) is 3.61. The standard InChI is InChI=1S/C25H27BrF2N2O8PS/c1-23(2,3)21(31)37-25(33,38-39-34)24(27,28)18-11-6-15(12-19(18)26)13-30-20(14-29(4)22(30)32)16-7-9-17(10-8-16)40(5,35)36/h6-12,14,33,39H,13H2,1-5H3/q+1. The van der Waals surface area contributed by atoms with E-state index >= 15 is 8.78 Å². The first-order chi connectivity index (χ1) is 18.3. The average Bonchev–Trinajstić information content (AvgIpc) is 3.11. The maximum Gasteiger partial charge on any atom is 0.501 e. The highest BCUT2D eigenvalue weighted by Gasteiger charge is 2.64. The van der Waals surface area contributed by atoms with Gasteiger partial charge in [0.1, 0.15) is 0 Å². The number of esters is 1. The van der Waals surface area contributed by atoms with Gasteiger partial charge >= 0.3 is 32.2 Å². The molecular weight excluding hydrogens is 637 g/mol. The minimum Gasteiger partial charge on any atom is -0.400 e. The molecule has 10 nitrogen and oxygen atoms in total. The average molecular weight is 664 g/mol. The number of imidazole rings is 1. The van der Waals surface area contributed by atoms with Crippen LogP contribution in [-0.4, -0.2) is 40.9 Å². The molecule has 0 spiro atoms. The summed E-state index contributed by atoms with van der Waals surface area (Å²) in [6.07, 6.45) is 2.63. The SMILES string of the molecule is Cn1cc(-c2ccc(S(C)(=O)=O)cc2)n(Cc2ccc(C(F)(F)C(O)(O[PH+]=O)OC(=O)C(C)(C)C)c(Br)c2)c1=O. The van der Waals surface area contributed by atoms with Crippen LogP contribution < -0.4 is 5.69 Å². The first kappa shape index (κ1) is 31.8. The minimum absolute atomic E-state index is 0.0605. The van der Waals surface area contributed by atoms with E-state index in [1.54, 1.807) is 18.3 Å². The fraction of sp³-hybridized carbons (Fsp3) is 0.360. The monoisotopic (exact) mass is 663 g/mol. The number of nitrogens with zero attached hydrogens (tertiary/aromatic N) is 2. The number of carbonyl (C=O) groups excluding carboxylic acids is 1. The summed E-state index contributed by atoms with van der Waals surface area (Å²) in [5, 5.41) is 10.5. The molecule has 0 saturated heterocycles. The molecule has 0 aliphatic carbocycles. The van der Waals surface area contributed by atoms with Gasteiger partial charge < -0.3 is 14.4 Å². The molecule has 2 atom stereocenters. The zero-order chi connectivity index (χ0) is 30.3. The van der Waals surface area contributed by atoms with Crippen LogP contribution in [0.2, 0.25) is 0 Å². The fourth-order valence-corrected chi connectivity index (χ4v) is 5.19. The molecule has 0 aliphatic heterocycles. The number of ether oxygens (including phenoxy) is 1. The zero-order valence-corrected chi connectivity index (χ0v) is 25.5. The molecule has 3 aromatic rings. The number of aromatic nitrogens is 2. The molecule has 0 aliphatic rings. The van der Waals surface area contributed by atoms with Crippen LogP contribution in [0.5, 0.6) is 0 Å². The number of aliphatic hydroxyl groups is 1. The van der Waals surface area contributed by atoms with Crippen LogP contribution in [0, 0.1) is 5.41 Å². The van der Waals surface area contributed by atoms with Gasteiger partial charge in [0.25, 0.3) is 0 Å². The second-order valence-electron chi connectivity index (χ2n) is 10.1. The Morgan fingerprint density at radius 2 is 1.73 bits per heavy atom. The Kier molecular flexibility index (Phi) is 8.93. The summed E-state index contributed by atoms with van der Waals surface area (Å²) >= 11 is 3.05. The first-order valence-corrected chi connectivity index (χ1v) is 15.1. The van der Waals surface area contributed by atoms with Crippen LogP contribution >= 0.6 is 24.6 Å². The third-order valence-corrected chi connectivity index (χ3v) is 7.99. The van der Waals surface area contributed by atoms with E-state index < -0.39 is 53.1 Å². The van der Waals surface area contributed by atoms with Crippen molar-refractivity contribution in [3.63, 3.8) is 0 Å². The van der Waals surface area contributed by atoms with Gasteiger partial charge in [-0.1, -0.05) is 44.7 Å². The second-order valence-corrected chi connectivity index (χ2v) is 13.3. The van der Waals surface area contributed by atoms with Crippen molar-refractivity contribution in [3.8, 4) is 11.3 Å². The summed E-state index contributed by atoms with van der Waals surface area (Å²) in [7, 11) is -3.77. The molecule has 1 heterocycles. The van der Waals surface area contributed by atoms with Gasteiger partial charge in [0.2, 0.25) is 0 Å². The topological polar surface area (TPSA) is 134 Å². The van der Waals surface area contributed by atoms with E-state index in [1.165, 1.54) is 61.2 Å². The molecule has 15 heteroatoms. The van der Waals surface area contributed by atoms with E-state index in [2.05, 4.69) is 25.2 Å². The molecule has 0 amide bonds. The lowest BCUT2D eigenvalue weighted by Crippen LogP contribution is -2.52. The molecule has 2 unspecified atom stereocenters. The number of carbonyl (C=O) groups is 1. The van der Waals surface area contributed by atoms with Crippen molar-refractivity contribution in [3.05, 3.63) is 74.7 Å². The number of sulfone groups is 1. The Morgan fingerprint density at radius 1 is 1.12 bits per heavy atom. The smallest absolute Gasteiger partial charge is 0.400 e. The quantitative estimate of drug-likeness (QED) is 0.203. The van der Waals surface area contributed by atoms with Crippen molar-refractivity contribution in [2.24, 2.45) is 12.5 Å². The van der Waals surface area contributed by atoms with E-state index in [9.17, 15) is 27.7 Å². The van der Waals surface area contributed by atoms with Crippen molar-refractivity contribution in [2.45, 2.75) is 44.1 Å². The molecule has 216 valence electrons. The Bertz CT molecular complexity index is 1610. The number of benzene rings is 2. The van der Waals surface area contributed by atoms with E-state index in [-0.39, 0.29) is 15.9 Å². The number of hydrogen-bond acceptors (Lipinski definition) is 8. The molecule has 1 N–H and O–H groups in total. The lowest BCUT2D eigenvalue weighted by Gasteiger charge is -2.32. The molecule has 1 aromatic heterocycles. The number of rotatable bonds is 9. The first-order valence-electron chi connectivity index (χ1n) is 11.6. The van der Waals surface area contributed by atoms with Crippen molar-refractivity contribution < 1.29 is 40.9 Å². The highest BCUT2D eigenvalue weighted by Crippen LogP contribution is 2.46. The van der Waals surface area contributed by atoms with Gasteiger partial charge in [-0.25, -0.2) is 13.2 Å². The number of hydrogen-bond donors (Lipinski definition) is 1. The molecule has 0 radical (unpaired) electrons. The van der Waals surface area contributed by atoms with E-state index in [4.69, 9.17) is 0 Å². The van der Waals surface area contributed by atoms with E-state index in [1.807, 2.05) is 0 Å². The normalized spacial score (nSPS) is 14.2. The van der Waals surface area contributed by atoms with Crippen LogP contribution in [0.3, 0.4) is 0 Å². The lowest BCUT2D eigenvalue weighted by atomic mass is 9.97. The Labute approximate surface area is 238 Å². The van der Waals surface area contributed by atoms with Gasteiger partial charge in [0.15, 0.2) is 9.84 Å². The maximum atomic E-state index is 15.5. The summed E-state index contributed by atoms with van der Waals surface area (Å²) in [6.45, 7) is 4.06. The van der Waals surface area contributed by atoms with Crippen LogP contribution in [0.1, 0.15) is 31.9 Å². The van der Waals surface area contributed by atoms with Crippen molar-refractivity contribution in [1.29, 1.82) is 0 Å². The van der Waals surface area contributed by atoms with E-state index in [0.717, 1.165) is 12.3 Å². The molecule has 0 fully saturated rings. The summed E-state index contributed by atoms with van der Waals surface area (Å²) in [4.78, 5) is 25.2. The molecule has 3 rings (SSSR count). The molecule has 2 aromatic carbocycles. The largest absolute Gasteiger partial charge is 0.501 e. The van der Waals surface area contributed by atoms with Crippen LogP contribution in [0.25, 0.3) is 11.3 Å². The summed E-state index contributed by atoms with van der Waals surface area (Å²) < 4.78 is 77.1. The van der Waals surface area contributed by atoms with Gasteiger partial charge in [0.05, 0.1) is 22.5 Å². The molecule has 0 bridgehead atoms. The number of halogens is 3. The lowest BCUT2D eigenvalue weighted by molar-refractivity contribution is -0.397. The van der Waals surface area contributed by atoms with Gasteiger partial charge in [0, 0.05) is 29.5 Å². The van der Waals surface area contributed by atoms with Crippen LogP contribution in [0.4, 0.5) is 8.78 Å². The predicted octanol–water partition coefficient (Wildman–Crippen LogP) is 4.35. The third-order valence-electron chi connectivity index (χ3n) is 5.85. The second kappa shape index (κ2) is 11.2. The van der Waals surface area contributed by atoms with Crippen LogP contribution in [0.15, 0.2) is 62.8 Å². The van der Waals surface area contributed by atoms with Gasteiger partial charge in [-0.3, -0.25) is 9.36 Å². The highest BCUT2D eigenvalue weighted by molar-refractivity contribution is 9.10. The Balaban J connectivity index is 1.99. The number of aryl methyl sites for hydroxylation is 1. The Hall–Kier alpha value is -2.77. The molecule has 40 heavy (non-hydrogen) atoms. The van der Waals surface area contributed by atoms with Gasteiger partial charge in [-0.15, -0.1) is 0 Å². The van der Waals surface area contributed by atoms with Crippen LogP contribution in [-0.2, 0) is 48.0 Å². The van der Waals surface area contributed by atoms with Gasteiger partial charge in [-0.05, 0) is 54.7 Å². The maximum absolute atomic E-state index is 15.5. The summed E-state index contributed by atoms with van der Waals surface area (Å²) in [5.41, 5.74) is -1.14. The molecular formula is C25H27BrF2N2O8PS+. The van der Waals surface area contributed by atoms with Crippen molar-refractivity contribution in [1.82, 2.24) is 9.13 Å².